The quantitative estimate of drug-likeness (QED) is 0.444. The number of nitroso groups, excluding NO2 is 1. The third kappa shape index (κ3) is 2.19. The standard InChI is InChI=1S/C6H5BrINO2/c1-11-4-2-3-5(9-10)8-6(4)7/h2-3H,1H3. The molecule has 0 saturated heterocycles. The van der Waals surface area contributed by atoms with Gasteiger partial charge in [-0.05, 0) is 54.0 Å². The van der Waals surface area contributed by atoms with Gasteiger partial charge in [-0.3, -0.25) is 0 Å². The second-order valence-corrected chi connectivity index (χ2v) is 6.67. The van der Waals surface area contributed by atoms with Crippen LogP contribution in [0.15, 0.2) is 26.8 Å². The summed E-state index contributed by atoms with van der Waals surface area (Å²) in [5.41, 5.74) is 0. The highest BCUT2D eigenvalue weighted by Crippen LogP contribution is 2.28. The van der Waals surface area contributed by atoms with E-state index in [2.05, 4.69) is 21.1 Å². The molecule has 5 heteroatoms. The van der Waals surface area contributed by atoms with Crippen LogP contribution in [0, 0.1) is 4.91 Å². The number of methoxy groups -OCH3 is 1. The van der Waals surface area contributed by atoms with Gasteiger partial charge in [-0.1, -0.05) is 0 Å². The summed E-state index contributed by atoms with van der Waals surface area (Å²) in [7, 11) is 1.60. The van der Waals surface area contributed by atoms with Crippen LogP contribution < -0.4 is 0 Å². The second-order valence-electron chi connectivity index (χ2n) is 1.67. The molecule has 0 fully saturated rings. The van der Waals surface area contributed by atoms with Gasteiger partial charge in [-0.25, -0.2) is 0 Å². The number of hydrogen-bond donors (Lipinski definition) is 0. The maximum absolute atomic E-state index is 10.1. The Labute approximate surface area is 82.4 Å². The van der Waals surface area contributed by atoms with Crippen molar-refractivity contribution in [3.8, 4) is 0 Å². The van der Waals surface area contributed by atoms with E-state index in [1.54, 1.807) is 19.3 Å². The summed E-state index contributed by atoms with van der Waals surface area (Å²) in [6.07, 6.45) is 3.44. The fourth-order valence-corrected chi connectivity index (χ4v) is 3.50. The molecule has 3 nitrogen and oxygen atoms in total. The smallest absolute Gasteiger partial charge is 0.141 e. The number of rotatable bonds is 2. The molecule has 0 atom stereocenters. The Morgan fingerprint density at radius 1 is 1.64 bits per heavy atom. The number of ether oxygens (including phenoxy) is 1. The molecular formula is C6H5BrINO2. The molecule has 0 bridgehead atoms. The predicted octanol–water partition coefficient (Wildman–Crippen LogP) is 2.63. The second kappa shape index (κ2) is 4.10. The van der Waals surface area contributed by atoms with Gasteiger partial charge in [-0.15, -0.1) is 4.91 Å². The highest BCUT2D eigenvalue weighted by Gasteiger charge is 2.07. The van der Waals surface area contributed by atoms with Crippen molar-refractivity contribution in [2.24, 2.45) is 5.18 Å². The molecule has 0 saturated carbocycles. The highest BCUT2D eigenvalue weighted by molar-refractivity contribution is 14.2. The molecule has 0 aromatic heterocycles. The van der Waals surface area contributed by atoms with Gasteiger partial charge in [0.2, 0.25) is 0 Å². The summed E-state index contributed by atoms with van der Waals surface area (Å²) >= 11 is 2.89. The van der Waals surface area contributed by atoms with Gasteiger partial charge < -0.3 is 4.74 Å². The van der Waals surface area contributed by atoms with Crippen molar-refractivity contribution >= 4 is 39.1 Å². The Hall–Kier alpha value is -0.0400. The molecule has 0 spiro atoms. The van der Waals surface area contributed by atoms with E-state index >= 15 is 0 Å². The first-order valence-corrected chi connectivity index (χ1v) is 5.70. The van der Waals surface area contributed by atoms with Crippen LogP contribution in [-0.4, -0.2) is 9.53 Å². The average Bonchev–Trinajstić information content (AvgIpc) is 2.04. The Morgan fingerprint density at radius 2 is 2.36 bits per heavy atom. The number of halogens is 2. The summed E-state index contributed by atoms with van der Waals surface area (Å²) < 4.78 is 6.60. The van der Waals surface area contributed by atoms with Gasteiger partial charge in [0.05, 0.1) is 9.53 Å². The van der Waals surface area contributed by atoms with Crippen LogP contribution in [0.5, 0.6) is 0 Å². The molecule has 0 radical (unpaired) electrons. The summed E-state index contributed by atoms with van der Waals surface area (Å²) in [5, 5.41) is 2.88. The van der Waals surface area contributed by atoms with Gasteiger partial charge in [-0.2, -0.15) is 0 Å². The fourth-order valence-electron chi connectivity index (χ4n) is 0.563. The lowest BCUT2D eigenvalue weighted by atomic mass is 10.4. The minimum atomic E-state index is -0.439. The van der Waals surface area contributed by atoms with Crippen LogP contribution >= 0.6 is 36.7 Å². The van der Waals surface area contributed by atoms with Gasteiger partial charge in [0.15, 0.2) is 0 Å². The lowest BCUT2D eigenvalue weighted by Gasteiger charge is -2.05. The molecule has 1 aliphatic rings. The Kier molecular flexibility index (Phi) is 3.38. The van der Waals surface area contributed by atoms with Gasteiger partial charge in [0, 0.05) is 0 Å². The third-order valence-corrected chi connectivity index (χ3v) is 4.56. The lowest BCUT2D eigenvalue weighted by Crippen LogP contribution is -1.95. The predicted molar refractivity (Wildman–Crippen MR) is 56.9 cm³/mol. The van der Waals surface area contributed by atoms with E-state index in [4.69, 9.17) is 4.74 Å². The molecule has 1 heterocycles. The summed E-state index contributed by atoms with van der Waals surface area (Å²) in [4.78, 5) is 10.1. The van der Waals surface area contributed by atoms with Crippen LogP contribution in [0.3, 0.4) is 0 Å². The SMILES string of the molecule is COC1=CC=C(N=O)I=C1Br. The lowest BCUT2D eigenvalue weighted by molar-refractivity contribution is 0.318. The minimum Gasteiger partial charge on any atom is -0.495 e. The average molecular weight is 330 g/mol. The molecule has 0 aromatic carbocycles. The summed E-state index contributed by atoms with van der Waals surface area (Å²) in [5.74, 6) is 0.796. The van der Waals surface area contributed by atoms with E-state index in [9.17, 15) is 4.91 Å². The molecule has 0 N–H and O–H groups in total. The summed E-state index contributed by atoms with van der Waals surface area (Å²) in [6.45, 7) is 0. The fraction of sp³-hybridized carbons (Fsp3) is 0.167. The maximum atomic E-state index is 10.1. The van der Waals surface area contributed by atoms with E-state index in [0.29, 0.717) is 3.70 Å². The molecule has 0 aliphatic carbocycles. The van der Waals surface area contributed by atoms with Crippen LogP contribution in [-0.2, 0) is 4.74 Å². The van der Waals surface area contributed by atoms with Crippen LogP contribution in [0.25, 0.3) is 0 Å². The first-order chi connectivity index (χ1) is 5.27. The zero-order chi connectivity index (χ0) is 8.27. The van der Waals surface area contributed by atoms with Crippen LogP contribution in [0.4, 0.5) is 0 Å². The van der Waals surface area contributed by atoms with Crippen LogP contribution in [0.1, 0.15) is 0 Å². The molecule has 60 valence electrons. The minimum absolute atomic E-state index is 0.439. The maximum Gasteiger partial charge on any atom is 0.141 e. The number of allylic oxidation sites excluding steroid dienone is 3. The van der Waals surface area contributed by atoms with Gasteiger partial charge in [0.25, 0.3) is 0 Å². The number of hydrogen-bond acceptors (Lipinski definition) is 3. The van der Waals surface area contributed by atoms with E-state index < -0.39 is 20.7 Å². The highest BCUT2D eigenvalue weighted by atomic mass is 127. The van der Waals surface area contributed by atoms with E-state index in [1.165, 1.54) is 0 Å². The molecule has 1 rings (SSSR count). The largest absolute Gasteiger partial charge is 0.495 e. The van der Waals surface area contributed by atoms with Crippen molar-refractivity contribution < 1.29 is 4.74 Å². The Bertz CT molecular complexity index is 270. The van der Waals surface area contributed by atoms with Crippen molar-refractivity contribution in [3.63, 3.8) is 0 Å². The molecule has 0 aromatic rings. The first-order valence-electron chi connectivity index (χ1n) is 2.75. The van der Waals surface area contributed by atoms with Crippen molar-refractivity contribution in [3.05, 3.63) is 26.5 Å². The number of nitrogens with zero attached hydrogens (tertiary/aromatic N) is 1. The Morgan fingerprint density at radius 3 is 2.82 bits per heavy atom. The molecule has 0 amide bonds. The first kappa shape index (κ1) is 9.05. The zero-order valence-electron chi connectivity index (χ0n) is 5.67. The normalized spacial score (nSPS) is 17.1. The van der Waals surface area contributed by atoms with Crippen molar-refractivity contribution in [1.29, 1.82) is 0 Å². The molecule has 0 unspecified atom stereocenters. The molecule has 11 heavy (non-hydrogen) atoms. The Balaban J connectivity index is 2.94. The summed E-state index contributed by atoms with van der Waals surface area (Å²) in [6, 6.07) is 0. The van der Waals surface area contributed by atoms with Gasteiger partial charge in [0.1, 0.15) is 9.46 Å². The monoisotopic (exact) mass is 329 g/mol. The molecular weight excluding hydrogens is 325 g/mol. The van der Waals surface area contributed by atoms with E-state index in [-0.39, 0.29) is 0 Å². The topological polar surface area (TPSA) is 38.7 Å². The van der Waals surface area contributed by atoms with Crippen molar-refractivity contribution in [2.75, 3.05) is 7.11 Å². The molecule has 1 aliphatic heterocycles. The van der Waals surface area contributed by atoms with Crippen LogP contribution in [0.2, 0.25) is 0 Å². The van der Waals surface area contributed by atoms with Crippen molar-refractivity contribution in [1.82, 2.24) is 0 Å². The van der Waals surface area contributed by atoms with Crippen molar-refractivity contribution in [2.45, 2.75) is 0 Å². The van der Waals surface area contributed by atoms with E-state index in [1.807, 2.05) is 0 Å². The zero-order valence-corrected chi connectivity index (χ0v) is 9.42. The van der Waals surface area contributed by atoms with E-state index in [0.717, 1.165) is 8.18 Å². The van der Waals surface area contributed by atoms with Gasteiger partial charge >= 0.3 is 0 Å². The third-order valence-electron chi connectivity index (χ3n) is 1.05.